The van der Waals surface area contributed by atoms with Gasteiger partial charge in [-0.05, 0) is 24.3 Å². The molecule has 6 heteroatoms. The van der Waals surface area contributed by atoms with Crippen LogP contribution in [0.1, 0.15) is 15.9 Å². The molecule has 20 heavy (non-hydrogen) atoms. The van der Waals surface area contributed by atoms with Crippen LogP contribution >= 0.6 is 11.6 Å². The third kappa shape index (κ3) is 2.68. The van der Waals surface area contributed by atoms with Crippen LogP contribution in [0.5, 0.6) is 5.75 Å². The van der Waals surface area contributed by atoms with Gasteiger partial charge >= 0.3 is 5.97 Å². The number of carboxylic acids is 1. The molecule has 2 aromatic rings. The molecule has 2 aromatic carbocycles. The SMILES string of the molecule is O=C(O)c1ccccc1Nc1ccc(O)c(Cl)c1CO. The summed E-state index contributed by atoms with van der Waals surface area (Å²) in [4.78, 5) is 11.1. The maximum Gasteiger partial charge on any atom is 0.337 e. The van der Waals surface area contributed by atoms with Gasteiger partial charge in [0.1, 0.15) is 5.75 Å². The number of phenols is 1. The summed E-state index contributed by atoms with van der Waals surface area (Å²) in [5, 5.41) is 30.9. The largest absolute Gasteiger partial charge is 0.506 e. The van der Waals surface area contributed by atoms with Crippen LogP contribution in [-0.4, -0.2) is 21.3 Å². The Labute approximate surface area is 120 Å². The Hall–Kier alpha value is -2.24. The van der Waals surface area contributed by atoms with Gasteiger partial charge in [0.2, 0.25) is 0 Å². The normalized spacial score (nSPS) is 10.3. The predicted molar refractivity (Wildman–Crippen MR) is 75.7 cm³/mol. The summed E-state index contributed by atoms with van der Waals surface area (Å²) < 4.78 is 0. The monoisotopic (exact) mass is 293 g/mol. The molecule has 4 N–H and O–H groups in total. The van der Waals surface area contributed by atoms with E-state index < -0.39 is 5.97 Å². The average molecular weight is 294 g/mol. The van der Waals surface area contributed by atoms with Crippen molar-refractivity contribution in [1.82, 2.24) is 0 Å². The highest BCUT2D eigenvalue weighted by Gasteiger charge is 2.14. The van der Waals surface area contributed by atoms with Crippen LogP contribution in [0.25, 0.3) is 0 Å². The molecule has 0 saturated heterocycles. The molecule has 2 rings (SSSR count). The van der Waals surface area contributed by atoms with Crippen molar-refractivity contribution in [3.63, 3.8) is 0 Å². The number of aliphatic hydroxyl groups excluding tert-OH is 1. The number of aliphatic hydroxyl groups is 1. The second-order valence-corrected chi connectivity index (χ2v) is 4.44. The first-order chi connectivity index (χ1) is 9.54. The first-order valence-corrected chi connectivity index (χ1v) is 6.13. The van der Waals surface area contributed by atoms with Crippen molar-refractivity contribution in [2.24, 2.45) is 0 Å². The number of hydrogen-bond donors (Lipinski definition) is 4. The predicted octanol–water partition coefficient (Wildman–Crippen LogP) is 2.98. The van der Waals surface area contributed by atoms with Crippen molar-refractivity contribution in [3.05, 3.63) is 52.5 Å². The number of aromatic carboxylic acids is 1. The smallest absolute Gasteiger partial charge is 0.337 e. The molecular weight excluding hydrogens is 282 g/mol. The molecule has 0 saturated carbocycles. The van der Waals surface area contributed by atoms with E-state index in [4.69, 9.17) is 16.7 Å². The fourth-order valence-corrected chi connectivity index (χ4v) is 2.03. The van der Waals surface area contributed by atoms with Gasteiger partial charge in [-0.1, -0.05) is 23.7 Å². The number of hydrogen-bond acceptors (Lipinski definition) is 4. The van der Waals surface area contributed by atoms with Crippen LogP contribution in [-0.2, 0) is 6.61 Å². The van der Waals surface area contributed by atoms with Gasteiger partial charge in [0.25, 0.3) is 0 Å². The van der Waals surface area contributed by atoms with E-state index in [0.717, 1.165) is 0 Å². The molecule has 0 aliphatic heterocycles. The summed E-state index contributed by atoms with van der Waals surface area (Å²) in [5.74, 6) is -1.21. The third-order valence-electron chi connectivity index (χ3n) is 2.81. The maximum absolute atomic E-state index is 11.1. The fourth-order valence-electron chi connectivity index (χ4n) is 1.80. The number of nitrogens with one attached hydrogen (secondary N) is 1. The molecule has 0 fully saturated rings. The number of carbonyl (C=O) groups is 1. The molecule has 0 unspecified atom stereocenters. The lowest BCUT2D eigenvalue weighted by Gasteiger charge is -2.14. The maximum atomic E-state index is 11.1. The van der Waals surface area contributed by atoms with Gasteiger partial charge in [0, 0.05) is 11.3 Å². The second kappa shape index (κ2) is 5.81. The summed E-state index contributed by atoms with van der Waals surface area (Å²) in [7, 11) is 0. The molecule has 0 atom stereocenters. The zero-order valence-corrected chi connectivity index (χ0v) is 11.1. The number of anilines is 2. The van der Waals surface area contributed by atoms with Crippen molar-refractivity contribution in [3.8, 4) is 5.75 Å². The second-order valence-electron chi connectivity index (χ2n) is 4.06. The van der Waals surface area contributed by atoms with Crippen LogP contribution in [0.4, 0.5) is 11.4 Å². The van der Waals surface area contributed by atoms with Crippen molar-refractivity contribution in [1.29, 1.82) is 0 Å². The fraction of sp³-hybridized carbons (Fsp3) is 0.0714. The first-order valence-electron chi connectivity index (χ1n) is 5.75. The molecule has 0 aromatic heterocycles. The number of rotatable bonds is 4. The number of carboxylic acid groups (broad SMARTS) is 1. The average Bonchev–Trinajstić information content (AvgIpc) is 2.43. The molecule has 0 aliphatic carbocycles. The first kappa shape index (κ1) is 14.2. The van der Waals surface area contributed by atoms with E-state index in [1.165, 1.54) is 18.2 Å². The Bertz CT molecular complexity index is 658. The zero-order chi connectivity index (χ0) is 14.7. The third-order valence-corrected chi connectivity index (χ3v) is 3.23. The number of aromatic hydroxyl groups is 1. The molecule has 0 amide bonds. The van der Waals surface area contributed by atoms with Crippen LogP contribution in [0.3, 0.4) is 0 Å². The van der Waals surface area contributed by atoms with Gasteiger partial charge in [0.15, 0.2) is 0 Å². The van der Waals surface area contributed by atoms with E-state index in [1.807, 2.05) is 0 Å². The molecule has 0 radical (unpaired) electrons. The number of para-hydroxylation sites is 1. The lowest BCUT2D eigenvalue weighted by molar-refractivity contribution is 0.0698. The Morgan fingerprint density at radius 3 is 2.50 bits per heavy atom. The van der Waals surface area contributed by atoms with Crippen LogP contribution in [0, 0.1) is 0 Å². The summed E-state index contributed by atoms with van der Waals surface area (Å²) >= 11 is 5.90. The molecule has 0 heterocycles. The van der Waals surface area contributed by atoms with E-state index in [-0.39, 0.29) is 22.9 Å². The zero-order valence-electron chi connectivity index (χ0n) is 10.3. The van der Waals surface area contributed by atoms with Crippen LogP contribution < -0.4 is 5.32 Å². The Kier molecular flexibility index (Phi) is 4.12. The van der Waals surface area contributed by atoms with Crippen molar-refractivity contribution >= 4 is 28.9 Å². The van der Waals surface area contributed by atoms with Gasteiger partial charge in [-0.15, -0.1) is 0 Å². The van der Waals surface area contributed by atoms with Gasteiger partial charge < -0.3 is 20.6 Å². The molecule has 0 spiro atoms. The van der Waals surface area contributed by atoms with Crippen molar-refractivity contribution < 1.29 is 20.1 Å². The number of halogens is 1. The minimum absolute atomic E-state index is 0.0327. The summed E-state index contributed by atoms with van der Waals surface area (Å²) in [6, 6.07) is 9.26. The summed E-state index contributed by atoms with van der Waals surface area (Å²) in [6.07, 6.45) is 0. The minimum atomic E-state index is -1.07. The Morgan fingerprint density at radius 1 is 1.15 bits per heavy atom. The van der Waals surface area contributed by atoms with Crippen molar-refractivity contribution in [2.45, 2.75) is 6.61 Å². The highest BCUT2D eigenvalue weighted by molar-refractivity contribution is 6.33. The van der Waals surface area contributed by atoms with Gasteiger partial charge in [-0.2, -0.15) is 0 Å². The highest BCUT2D eigenvalue weighted by Crippen LogP contribution is 2.34. The van der Waals surface area contributed by atoms with E-state index in [0.29, 0.717) is 16.9 Å². The van der Waals surface area contributed by atoms with Crippen LogP contribution in [0.2, 0.25) is 5.02 Å². The number of benzene rings is 2. The molecular formula is C14H12ClNO4. The van der Waals surface area contributed by atoms with Gasteiger partial charge in [-0.25, -0.2) is 4.79 Å². The topological polar surface area (TPSA) is 89.8 Å². The highest BCUT2D eigenvalue weighted by atomic mass is 35.5. The van der Waals surface area contributed by atoms with Gasteiger partial charge in [-0.3, -0.25) is 0 Å². The Balaban J connectivity index is 2.46. The molecule has 104 valence electrons. The van der Waals surface area contributed by atoms with E-state index in [1.54, 1.807) is 18.2 Å². The van der Waals surface area contributed by atoms with Gasteiger partial charge in [0.05, 0.1) is 22.9 Å². The van der Waals surface area contributed by atoms with E-state index >= 15 is 0 Å². The molecule has 5 nitrogen and oxygen atoms in total. The van der Waals surface area contributed by atoms with Crippen LogP contribution in [0.15, 0.2) is 36.4 Å². The van der Waals surface area contributed by atoms with Crippen molar-refractivity contribution in [2.75, 3.05) is 5.32 Å². The minimum Gasteiger partial charge on any atom is -0.506 e. The quantitative estimate of drug-likeness (QED) is 0.651. The molecule has 0 bridgehead atoms. The number of phenolic OH excluding ortho intramolecular Hbond substituents is 1. The van der Waals surface area contributed by atoms with E-state index in [2.05, 4.69) is 5.32 Å². The Morgan fingerprint density at radius 2 is 1.85 bits per heavy atom. The lowest BCUT2D eigenvalue weighted by atomic mass is 10.1. The van der Waals surface area contributed by atoms with E-state index in [9.17, 15) is 15.0 Å². The summed E-state index contributed by atoms with van der Waals surface area (Å²) in [5.41, 5.74) is 1.20. The summed E-state index contributed by atoms with van der Waals surface area (Å²) in [6.45, 7) is -0.384. The standard InChI is InChI=1S/C14H12ClNO4/c15-13-9(7-17)11(5-6-12(13)18)16-10-4-2-1-3-8(10)14(19)20/h1-6,16-18H,7H2,(H,19,20). The lowest BCUT2D eigenvalue weighted by Crippen LogP contribution is -2.04. The molecule has 0 aliphatic rings.